The number of aliphatic hydroxyl groups excluding tert-OH is 1. The Bertz CT molecular complexity index is 1650. The molecule has 0 unspecified atom stereocenters. The number of rotatable bonds is 9. The zero-order valence-electron chi connectivity index (χ0n) is 37.8. The van der Waals surface area contributed by atoms with Gasteiger partial charge in [0.1, 0.15) is 30.3 Å². The molecular formula is C45H71N5O10. The molecule has 0 radical (unpaired) electrons. The van der Waals surface area contributed by atoms with E-state index in [2.05, 4.69) is 16.0 Å². The van der Waals surface area contributed by atoms with E-state index in [1.807, 2.05) is 33.8 Å². The lowest BCUT2D eigenvalue weighted by atomic mass is 9.85. The summed E-state index contributed by atoms with van der Waals surface area (Å²) < 4.78 is 11.8. The topological polar surface area (TPSA) is 201 Å². The highest BCUT2D eigenvalue weighted by Crippen LogP contribution is 2.27. The van der Waals surface area contributed by atoms with Crippen LogP contribution in [0.4, 0.5) is 0 Å². The van der Waals surface area contributed by atoms with Crippen LogP contribution < -0.4 is 16.0 Å². The molecule has 15 nitrogen and oxygen atoms in total. The Kier molecular flexibility index (Phi) is 20.9. The number of aliphatic hydroxyl groups is 1. The van der Waals surface area contributed by atoms with Gasteiger partial charge in [0.15, 0.2) is 6.10 Å². The van der Waals surface area contributed by atoms with Crippen molar-refractivity contribution in [1.29, 1.82) is 0 Å². The van der Waals surface area contributed by atoms with E-state index < -0.39 is 102 Å². The number of nitrogens with one attached hydrogen (secondary N) is 3. The van der Waals surface area contributed by atoms with E-state index in [4.69, 9.17) is 9.47 Å². The van der Waals surface area contributed by atoms with Crippen LogP contribution in [0, 0.1) is 23.7 Å². The number of esters is 2. The second kappa shape index (κ2) is 24.5. The van der Waals surface area contributed by atoms with E-state index in [0.29, 0.717) is 19.3 Å². The average molecular weight is 842 g/mol. The number of carbonyl (C=O) groups excluding carboxylic acids is 7. The summed E-state index contributed by atoms with van der Waals surface area (Å²) in [6, 6.07) is 4.60. The van der Waals surface area contributed by atoms with Crippen molar-refractivity contribution in [1.82, 2.24) is 25.8 Å². The summed E-state index contributed by atoms with van der Waals surface area (Å²) in [6.07, 6.45) is 0.984. The van der Waals surface area contributed by atoms with Crippen LogP contribution >= 0.6 is 0 Å². The fraction of sp³-hybridized carbons (Fsp3) is 0.667. The van der Waals surface area contributed by atoms with Gasteiger partial charge < -0.3 is 40.3 Å². The molecule has 1 aliphatic rings. The Morgan fingerprint density at radius 3 is 2.00 bits per heavy atom. The molecule has 1 aromatic carbocycles. The number of carbonyl (C=O) groups is 7. The molecule has 1 aliphatic heterocycles. The van der Waals surface area contributed by atoms with Gasteiger partial charge in [0, 0.05) is 37.9 Å². The van der Waals surface area contributed by atoms with Crippen molar-refractivity contribution in [2.75, 3.05) is 20.6 Å². The smallest absolute Gasteiger partial charge is 0.334 e. The first-order valence-electron chi connectivity index (χ1n) is 21.4. The number of amides is 5. The Labute approximate surface area is 356 Å². The third-order valence-electron chi connectivity index (χ3n) is 11.9. The number of hydrogen-bond donors (Lipinski definition) is 4. The summed E-state index contributed by atoms with van der Waals surface area (Å²) in [5, 5.41) is 19.4. The van der Waals surface area contributed by atoms with E-state index in [1.165, 1.54) is 50.7 Å². The average Bonchev–Trinajstić information content (AvgIpc) is 3.24. The van der Waals surface area contributed by atoms with Gasteiger partial charge >= 0.3 is 11.9 Å². The molecule has 0 saturated heterocycles. The summed E-state index contributed by atoms with van der Waals surface area (Å²) in [5.41, 5.74) is 0.880. The standard InChI is InChI=1S/C45H71N5O10/c1-13-19-28(6)38-30(8)35(51)23-22-29(7)44(57)60-39(27(5)15-3)41(54)47-31(9)42(55)50(12)34(24-33-20-17-16-18-21-33)40(53)46-25-36(52)48-37(26(4)14-2)43(56)49(11)32(10)45(58)59-38/h16-18,20-22,26-28,30-32,34-35,37-39,51H,13-15,19,23-25H2,1-12H3,(H,46,53)(H,47,54)(H,48,52)/b29-22+/t26-,27-,28-,30-,31-,32-,34+,35-,37-,38+,39+/m0/s1. The molecule has 0 aromatic heterocycles. The van der Waals surface area contributed by atoms with Crippen LogP contribution in [0.2, 0.25) is 0 Å². The molecule has 0 bridgehead atoms. The maximum absolute atomic E-state index is 14.0. The molecule has 0 saturated carbocycles. The number of hydrogen-bond acceptors (Lipinski definition) is 10. The van der Waals surface area contributed by atoms with Crippen LogP contribution in [0.5, 0.6) is 0 Å². The number of likely N-dealkylation sites (N-methyl/N-ethyl adjacent to an activating group) is 2. The molecule has 4 N–H and O–H groups in total. The Balaban J connectivity index is 2.62. The van der Waals surface area contributed by atoms with E-state index in [0.717, 1.165) is 12.0 Å². The van der Waals surface area contributed by atoms with Crippen LogP contribution in [-0.2, 0) is 49.5 Å². The highest BCUT2D eigenvalue weighted by atomic mass is 16.6. The number of nitrogens with zero attached hydrogens (tertiary/aromatic N) is 2. The summed E-state index contributed by atoms with van der Waals surface area (Å²) in [7, 11) is 2.88. The lowest BCUT2D eigenvalue weighted by Gasteiger charge is -2.35. The van der Waals surface area contributed by atoms with Crippen LogP contribution in [-0.4, -0.2) is 120 Å². The molecule has 11 atom stereocenters. The number of benzene rings is 1. The predicted octanol–water partition coefficient (Wildman–Crippen LogP) is 3.71. The van der Waals surface area contributed by atoms with Crippen LogP contribution in [0.3, 0.4) is 0 Å². The second-order valence-corrected chi connectivity index (χ2v) is 16.6. The first-order valence-corrected chi connectivity index (χ1v) is 21.4. The zero-order valence-corrected chi connectivity index (χ0v) is 37.8. The fourth-order valence-electron chi connectivity index (χ4n) is 7.08. The molecule has 1 heterocycles. The maximum Gasteiger partial charge on any atom is 0.334 e. The van der Waals surface area contributed by atoms with Crippen molar-refractivity contribution in [3.63, 3.8) is 0 Å². The van der Waals surface area contributed by atoms with E-state index in [1.54, 1.807) is 45.0 Å². The van der Waals surface area contributed by atoms with Gasteiger partial charge in [-0.25, -0.2) is 9.59 Å². The van der Waals surface area contributed by atoms with Crippen LogP contribution in [0.25, 0.3) is 0 Å². The van der Waals surface area contributed by atoms with Crippen LogP contribution in [0.15, 0.2) is 42.0 Å². The number of cyclic esters (lactones) is 2. The minimum atomic E-state index is -1.26. The van der Waals surface area contributed by atoms with Crippen molar-refractivity contribution in [3.8, 4) is 0 Å². The van der Waals surface area contributed by atoms with E-state index in [-0.39, 0.29) is 30.3 Å². The highest BCUT2D eigenvalue weighted by Gasteiger charge is 2.38. The van der Waals surface area contributed by atoms with Gasteiger partial charge in [0.05, 0.1) is 12.6 Å². The highest BCUT2D eigenvalue weighted by molar-refractivity contribution is 5.96. The lowest BCUT2D eigenvalue weighted by Crippen LogP contribution is -2.58. The largest absolute Gasteiger partial charge is 0.460 e. The van der Waals surface area contributed by atoms with E-state index in [9.17, 15) is 38.7 Å². The first kappa shape index (κ1) is 51.4. The van der Waals surface area contributed by atoms with Crippen molar-refractivity contribution in [2.24, 2.45) is 23.7 Å². The van der Waals surface area contributed by atoms with Crippen LogP contribution in [0.1, 0.15) is 107 Å². The van der Waals surface area contributed by atoms with Gasteiger partial charge in [-0.1, -0.05) is 97.7 Å². The Hall–Kier alpha value is -4.79. The predicted molar refractivity (Wildman–Crippen MR) is 228 cm³/mol. The zero-order chi connectivity index (χ0) is 45.4. The van der Waals surface area contributed by atoms with E-state index >= 15 is 0 Å². The second-order valence-electron chi connectivity index (χ2n) is 16.6. The van der Waals surface area contributed by atoms with Crippen molar-refractivity contribution in [2.45, 2.75) is 150 Å². The molecule has 0 aliphatic carbocycles. The van der Waals surface area contributed by atoms with Gasteiger partial charge in [0.25, 0.3) is 5.91 Å². The lowest BCUT2D eigenvalue weighted by molar-refractivity contribution is -0.166. The molecule has 15 heteroatoms. The third-order valence-corrected chi connectivity index (χ3v) is 11.9. The Morgan fingerprint density at radius 1 is 0.800 bits per heavy atom. The minimum Gasteiger partial charge on any atom is -0.460 e. The van der Waals surface area contributed by atoms with Gasteiger partial charge in [-0.3, -0.25) is 24.0 Å². The van der Waals surface area contributed by atoms with Gasteiger partial charge in [-0.15, -0.1) is 0 Å². The molecule has 5 amide bonds. The maximum atomic E-state index is 14.0. The molecule has 0 spiro atoms. The summed E-state index contributed by atoms with van der Waals surface area (Å²) in [6.45, 7) is 16.9. The van der Waals surface area contributed by atoms with Gasteiger partial charge in [-0.05, 0) is 57.4 Å². The Morgan fingerprint density at radius 2 is 1.42 bits per heavy atom. The van der Waals surface area contributed by atoms with Crippen molar-refractivity contribution >= 4 is 41.5 Å². The van der Waals surface area contributed by atoms with Gasteiger partial charge in [0.2, 0.25) is 23.6 Å². The first-order chi connectivity index (χ1) is 28.2. The van der Waals surface area contributed by atoms with Crippen molar-refractivity contribution in [3.05, 3.63) is 47.5 Å². The SMILES string of the molecule is CCC[C@H](C)[C@H]1OC(=O)[C@H](C)N(C)C(=O)[C@H]([C@@H](C)CC)NC(=O)CNC(=O)[C@@H](Cc2ccccc2)N(C)C(=O)[C@H](C)NC(=O)[C@@H]([C@@H](C)CC)OC(=O)/C(C)=C/C[C@H](O)[C@@H]1C. The van der Waals surface area contributed by atoms with Crippen molar-refractivity contribution < 1.29 is 48.1 Å². The monoisotopic (exact) mass is 842 g/mol. The number of ether oxygens (including phenoxy) is 2. The minimum absolute atomic E-state index is 0.00894. The van der Waals surface area contributed by atoms with Gasteiger partial charge in [-0.2, -0.15) is 0 Å². The molecule has 60 heavy (non-hydrogen) atoms. The fourth-order valence-corrected chi connectivity index (χ4v) is 7.08. The third kappa shape index (κ3) is 14.4. The normalized spacial score (nSPS) is 29.2. The summed E-state index contributed by atoms with van der Waals surface area (Å²) in [5.74, 6) is -6.18. The quantitative estimate of drug-likeness (QED) is 0.266. The molecular weight excluding hydrogens is 771 g/mol. The molecule has 1 aromatic rings. The molecule has 336 valence electrons. The summed E-state index contributed by atoms with van der Waals surface area (Å²) >= 11 is 0. The molecule has 0 fully saturated rings. The molecule has 2 rings (SSSR count). The summed E-state index contributed by atoms with van der Waals surface area (Å²) in [4.78, 5) is 98.4.